The lowest BCUT2D eigenvalue weighted by Gasteiger charge is -2.39. The quantitative estimate of drug-likeness (QED) is 0.776. The normalized spacial score (nSPS) is 17.1. The number of piperidine rings is 1. The molecule has 1 fully saturated rings. The first-order chi connectivity index (χ1) is 12.0. The van der Waals surface area contributed by atoms with Crippen LogP contribution in [-0.2, 0) is 10.3 Å². The summed E-state index contributed by atoms with van der Waals surface area (Å²) in [6.07, 6.45) is 6.08. The molecule has 0 aliphatic carbocycles. The van der Waals surface area contributed by atoms with Gasteiger partial charge in [0.15, 0.2) is 5.54 Å². The molecule has 0 unspecified atom stereocenters. The monoisotopic (exact) mass is 357 g/mol. The van der Waals surface area contributed by atoms with Crippen molar-refractivity contribution in [1.82, 2.24) is 19.7 Å². The minimum atomic E-state index is -0.984. The topological polar surface area (TPSA) is 84.1 Å². The van der Waals surface area contributed by atoms with E-state index in [0.717, 1.165) is 27.2 Å². The zero-order valence-corrected chi connectivity index (χ0v) is 15.0. The summed E-state index contributed by atoms with van der Waals surface area (Å²) in [5.41, 5.74) is 2.11. The molecule has 3 aromatic rings. The van der Waals surface area contributed by atoms with Crippen molar-refractivity contribution < 1.29 is 9.90 Å². The number of aryl methyl sites for hydroxylation is 2. The summed E-state index contributed by atoms with van der Waals surface area (Å²) < 4.78 is 2.69. The van der Waals surface area contributed by atoms with Gasteiger partial charge in [-0.2, -0.15) is 5.10 Å². The van der Waals surface area contributed by atoms with Crippen molar-refractivity contribution in [1.29, 1.82) is 0 Å². The van der Waals surface area contributed by atoms with E-state index in [1.165, 1.54) is 0 Å². The van der Waals surface area contributed by atoms with Gasteiger partial charge >= 0.3 is 5.97 Å². The van der Waals surface area contributed by atoms with Crippen LogP contribution < -0.4 is 4.90 Å². The average Bonchev–Trinajstić information content (AvgIpc) is 3.21. The minimum Gasteiger partial charge on any atom is -0.479 e. The van der Waals surface area contributed by atoms with E-state index in [-0.39, 0.29) is 0 Å². The lowest BCUT2D eigenvalue weighted by atomic mass is 9.87. The van der Waals surface area contributed by atoms with E-state index >= 15 is 0 Å². The minimum absolute atomic E-state index is 0.485. The van der Waals surface area contributed by atoms with E-state index in [4.69, 9.17) is 0 Å². The highest BCUT2D eigenvalue weighted by Crippen LogP contribution is 2.36. The van der Waals surface area contributed by atoms with E-state index in [2.05, 4.69) is 25.3 Å². The molecule has 1 aliphatic rings. The zero-order valence-electron chi connectivity index (χ0n) is 14.1. The zero-order chi connectivity index (χ0) is 17.6. The van der Waals surface area contributed by atoms with Gasteiger partial charge in [-0.05, 0) is 30.4 Å². The van der Waals surface area contributed by atoms with Crippen molar-refractivity contribution in [2.45, 2.75) is 32.2 Å². The maximum atomic E-state index is 12.0. The Labute approximate surface area is 148 Å². The molecular formula is C17H19N5O2S. The number of carbonyl (C=O) groups is 1. The number of hydrogen-bond acceptors (Lipinski definition) is 6. The molecule has 4 rings (SSSR count). The maximum absolute atomic E-state index is 12.0. The molecule has 0 bridgehead atoms. The molecule has 7 nitrogen and oxygen atoms in total. The molecule has 0 spiro atoms. The highest BCUT2D eigenvalue weighted by molar-refractivity contribution is 7.18. The van der Waals surface area contributed by atoms with E-state index < -0.39 is 11.5 Å². The van der Waals surface area contributed by atoms with Gasteiger partial charge in [-0.1, -0.05) is 0 Å². The fraction of sp³-hybridized carbons (Fsp3) is 0.412. The van der Waals surface area contributed by atoms with Crippen molar-refractivity contribution in [2.75, 3.05) is 18.0 Å². The van der Waals surface area contributed by atoms with Gasteiger partial charge in [0.25, 0.3) is 0 Å². The third-order valence-electron chi connectivity index (χ3n) is 4.95. The van der Waals surface area contributed by atoms with Gasteiger partial charge in [-0.3, -0.25) is 4.68 Å². The number of carboxylic acid groups (broad SMARTS) is 1. The maximum Gasteiger partial charge on any atom is 0.331 e. The Hall–Kier alpha value is -2.48. The average molecular weight is 357 g/mol. The molecule has 4 heterocycles. The fourth-order valence-corrected chi connectivity index (χ4v) is 4.48. The molecule has 0 amide bonds. The van der Waals surface area contributed by atoms with E-state index in [9.17, 15) is 9.90 Å². The Morgan fingerprint density at radius 1 is 1.28 bits per heavy atom. The molecule has 3 aromatic heterocycles. The number of anilines is 1. The van der Waals surface area contributed by atoms with Gasteiger partial charge in [0.05, 0.1) is 16.4 Å². The van der Waals surface area contributed by atoms with Crippen LogP contribution in [0.15, 0.2) is 24.1 Å². The molecule has 130 valence electrons. The fourth-order valence-electron chi connectivity index (χ4n) is 3.46. The summed E-state index contributed by atoms with van der Waals surface area (Å²) >= 11 is 1.64. The number of thiophene rings is 1. The van der Waals surface area contributed by atoms with Crippen molar-refractivity contribution in [3.63, 3.8) is 0 Å². The highest BCUT2D eigenvalue weighted by Gasteiger charge is 2.44. The second-order valence-electron chi connectivity index (χ2n) is 6.58. The first-order valence-electron chi connectivity index (χ1n) is 8.20. The van der Waals surface area contributed by atoms with Gasteiger partial charge in [0, 0.05) is 32.1 Å². The molecule has 25 heavy (non-hydrogen) atoms. The van der Waals surface area contributed by atoms with Crippen LogP contribution in [0.3, 0.4) is 0 Å². The summed E-state index contributed by atoms with van der Waals surface area (Å²) in [4.78, 5) is 23.0. The van der Waals surface area contributed by atoms with Crippen LogP contribution in [0, 0.1) is 13.8 Å². The molecule has 8 heteroatoms. The summed E-state index contributed by atoms with van der Waals surface area (Å²) in [6, 6.07) is 0. The Morgan fingerprint density at radius 2 is 2.04 bits per heavy atom. The molecule has 1 aliphatic heterocycles. The Kier molecular flexibility index (Phi) is 3.72. The van der Waals surface area contributed by atoms with Gasteiger partial charge in [0.2, 0.25) is 0 Å². The lowest BCUT2D eigenvalue weighted by molar-refractivity contribution is -0.149. The standard InChI is InChI=1S/C17H19N5O2S/c1-11-7-20-22(8-11)17(16(23)24)3-5-21(6-4-17)15-14-13(18-10-19-15)12(2)9-25-14/h7-10H,3-6H2,1-2H3,(H,23,24). The first-order valence-corrected chi connectivity index (χ1v) is 9.08. The highest BCUT2D eigenvalue weighted by atomic mass is 32.1. The number of aromatic nitrogens is 4. The predicted octanol–water partition coefficient (Wildman–Crippen LogP) is 2.58. The molecule has 0 atom stereocenters. The van der Waals surface area contributed by atoms with Gasteiger partial charge in [-0.25, -0.2) is 14.8 Å². The third-order valence-corrected chi connectivity index (χ3v) is 6.03. The van der Waals surface area contributed by atoms with E-state index in [1.807, 2.05) is 20.0 Å². The number of nitrogens with zero attached hydrogens (tertiary/aromatic N) is 5. The van der Waals surface area contributed by atoms with Crippen LogP contribution in [0.2, 0.25) is 0 Å². The molecule has 0 saturated carbocycles. The van der Waals surface area contributed by atoms with E-state index in [1.54, 1.807) is 28.5 Å². The molecule has 0 aromatic carbocycles. The summed E-state index contributed by atoms with van der Waals surface area (Å²) in [5.74, 6) is 0.0776. The molecule has 0 radical (unpaired) electrons. The Bertz CT molecular complexity index is 940. The smallest absolute Gasteiger partial charge is 0.331 e. The van der Waals surface area contributed by atoms with Crippen LogP contribution in [0.1, 0.15) is 24.0 Å². The summed E-state index contributed by atoms with van der Waals surface area (Å²) in [6.45, 7) is 5.20. The van der Waals surface area contributed by atoms with Gasteiger partial charge < -0.3 is 10.0 Å². The number of fused-ring (bicyclic) bond motifs is 1. The number of carboxylic acids is 1. The molecule has 1 N–H and O–H groups in total. The van der Waals surface area contributed by atoms with Crippen molar-refractivity contribution in [2.24, 2.45) is 0 Å². The number of rotatable bonds is 3. The number of hydrogen-bond donors (Lipinski definition) is 1. The van der Waals surface area contributed by atoms with Gasteiger partial charge in [0.1, 0.15) is 12.1 Å². The largest absolute Gasteiger partial charge is 0.479 e. The predicted molar refractivity (Wildman–Crippen MR) is 96.2 cm³/mol. The van der Waals surface area contributed by atoms with Crippen LogP contribution in [0.4, 0.5) is 5.82 Å². The van der Waals surface area contributed by atoms with Crippen molar-refractivity contribution in [3.05, 3.63) is 35.2 Å². The Balaban J connectivity index is 1.64. The van der Waals surface area contributed by atoms with Crippen molar-refractivity contribution in [3.8, 4) is 0 Å². The summed E-state index contributed by atoms with van der Waals surface area (Å²) in [5, 5.41) is 16.2. The SMILES string of the molecule is Cc1cnn(C2(C(=O)O)CCN(c3ncnc4c(C)csc34)CC2)c1. The van der Waals surface area contributed by atoms with Crippen LogP contribution >= 0.6 is 11.3 Å². The van der Waals surface area contributed by atoms with Crippen LogP contribution in [-0.4, -0.2) is 43.9 Å². The summed E-state index contributed by atoms with van der Waals surface area (Å²) in [7, 11) is 0. The molecular weight excluding hydrogens is 338 g/mol. The van der Waals surface area contributed by atoms with Crippen LogP contribution in [0.5, 0.6) is 0 Å². The second-order valence-corrected chi connectivity index (χ2v) is 7.46. The first kappa shape index (κ1) is 16.0. The second kappa shape index (κ2) is 5.80. The van der Waals surface area contributed by atoms with Gasteiger partial charge in [-0.15, -0.1) is 11.3 Å². The third kappa shape index (κ3) is 2.48. The van der Waals surface area contributed by atoms with Crippen LogP contribution in [0.25, 0.3) is 10.2 Å². The van der Waals surface area contributed by atoms with E-state index in [0.29, 0.717) is 25.9 Å². The molecule has 1 saturated heterocycles. The lowest BCUT2D eigenvalue weighted by Crippen LogP contribution is -2.51. The Morgan fingerprint density at radius 3 is 2.68 bits per heavy atom. The van der Waals surface area contributed by atoms with Crippen molar-refractivity contribution >= 4 is 33.3 Å². The number of aliphatic carboxylic acids is 1.